The molecule has 1 saturated heterocycles. The van der Waals surface area contributed by atoms with E-state index in [1.54, 1.807) is 18.1 Å². The number of amides is 2. The first kappa shape index (κ1) is 26.8. The Hall–Kier alpha value is -3.40. The quantitative estimate of drug-likeness (QED) is 0.545. The summed E-state index contributed by atoms with van der Waals surface area (Å²) in [5, 5.41) is 6.66. The number of ether oxygens (including phenoxy) is 1. The van der Waals surface area contributed by atoms with E-state index in [0.717, 1.165) is 60.7 Å². The van der Waals surface area contributed by atoms with Gasteiger partial charge in [0.1, 0.15) is 17.5 Å². The lowest BCUT2D eigenvalue weighted by molar-refractivity contribution is -0.121. The molecule has 4 heterocycles. The number of rotatable bonds is 7. The number of carbonyl (C=O) groups excluding carboxylic acids is 2. The van der Waals surface area contributed by atoms with Crippen molar-refractivity contribution >= 4 is 35.0 Å². The number of nitrogens with zero attached hydrogens (tertiary/aromatic N) is 5. The minimum Gasteiger partial charge on any atom is -0.491 e. The molecule has 0 bridgehead atoms. The molecule has 4 atom stereocenters. The zero-order valence-corrected chi connectivity index (χ0v) is 24.2. The third-order valence-corrected chi connectivity index (χ3v) is 9.10. The van der Waals surface area contributed by atoms with E-state index in [9.17, 15) is 9.59 Å². The average molecular weight is 548 g/mol. The van der Waals surface area contributed by atoms with Crippen LogP contribution in [0.25, 0.3) is 0 Å². The van der Waals surface area contributed by atoms with Gasteiger partial charge in [-0.15, -0.1) is 0 Å². The van der Waals surface area contributed by atoms with Gasteiger partial charge >= 0.3 is 0 Å². The van der Waals surface area contributed by atoms with Gasteiger partial charge in [-0.25, -0.2) is 4.98 Å². The lowest BCUT2D eigenvalue weighted by Gasteiger charge is -2.42. The van der Waals surface area contributed by atoms with Crippen LogP contribution in [0.3, 0.4) is 0 Å². The van der Waals surface area contributed by atoms with Gasteiger partial charge in [0.05, 0.1) is 24.9 Å². The number of hydrogen-bond donors (Lipinski definition) is 2. The number of fused-ring (bicyclic) bond motifs is 3. The van der Waals surface area contributed by atoms with Gasteiger partial charge in [0.15, 0.2) is 5.82 Å². The van der Waals surface area contributed by atoms with Gasteiger partial charge in [-0.05, 0) is 63.6 Å². The average Bonchev–Trinajstić information content (AvgIpc) is 3.62. The number of anilines is 4. The van der Waals surface area contributed by atoms with Crippen molar-refractivity contribution in [2.45, 2.75) is 71.0 Å². The Morgan fingerprint density at radius 3 is 2.62 bits per heavy atom. The molecule has 1 aliphatic carbocycles. The summed E-state index contributed by atoms with van der Waals surface area (Å²) in [4.78, 5) is 41.5. The molecular weight excluding hydrogens is 506 g/mol. The number of likely N-dealkylation sites (tertiary alicyclic amines) is 1. The predicted molar refractivity (Wildman–Crippen MR) is 155 cm³/mol. The van der Waals surface area contributed by atoms with Gasteiger partial charge in [-0.1, -0.05) is 13.0 Å². The molecule has 3 aliphatic heterocycles. The molecule has 214 valence electrons. The molecular formula is C30H41N7O3. The highest BCUT2D eigenvalue weighted by atomic mass is 16.5. The van der Waals surface area contributed by atoms with Crippen molar-refractivity contribution in [2.24, 2.45) is 11.8 Å². The summed E-state index contributed by atoms with van der Waals surface area (Å²) < 4.78 is 6.04. The van der Waals surface area contributed by atoms with E-state index in [1.807, 2.05) is 19.1 Å². The first-order valence-electron chi connectivity index (χ1n) is 14.7. The summed E-state index contributed by atoms with van der Waals surface area (Å²) >= 11 is 0. The van der Waals surface area contributed by atoms with E-state index in [-0.39, 0.29) is 29.9 Å². The minimum atomic E-state index is -0.261. The van der Waals surface area contributed by atoms with Gasteiger partial charge in [0.25, 0.3) is 0 Å². The van der Waals surface area contributed by atoms with E-state index >= 15 is 0 Å². The number of aromatic nitrogens is 2. The Kier molecular flexibility index (Phi) is 7.06. The number of hydrogen-bond acceptors (Lipinski definition) is 8. The van der Waals surface area contributed by atoms with E-state index < -0.39 is 0 Å². The van der Waals surface area contributed by atoms with Gasteiger partial charge in [-0.3, -0.25) is 9.59 Å². The van der Waals surface area contributed by atoms with Crippen LogP contribution in [0.15, 0.2) is 18.3 Å². The fourth-order valence-corrected chi connectivity index (χ4v) is 7.29. The molecule has 0 spiro atoms. The zero-order valence-electron chi connectivity index (χ0n) is 24.2. The summed E-state index contributed by atoms with van der Waals surface area (Å²) in [6.07, 6.45) is 5.70. The Bertz CT molecular complexity index is 1300. The summed E-state index contributed by atoms with van der Waals surface area (Å²) in [5.74, 6) is 3.53. The topological polar surface area (TPSA) is 103 Å². The molecule has 2 N–H and O–H groups in total. The first-order chi connectivity index (χ1) is 19.2. The maximum absolute atomic E-state index is 13.0. The summed E-state index contributed by atoms with van der Waals surface area (Å²) in [6, 6.07) is 4.10. The smallest absolute Gasteiger partial charge is 0.249 e. The molecule has 2 aromatic rings. The Morgan fingerprint density at radius 2 is 1.93 bits per heavy atom. The van der Waals surface area contributed by atoms with Crippen molar-refractivity contribution in [1.29, 1.82) is 0 Å². The van der Waals surface area contributed by atoms with Crippen molar-refractivity contribution in [3.63, 3.8) is 0 Å². The Balaban J connectivity index is 1.18. The standard InChI is InChI=1S/C30H41N7O3/c1-6-24-29(39)36(5)25-14-31-30(34-28(25)37(24)17(2)3)33-23-8-7-18(22-9-10-40-27(22)23)13-26(38)32-21-11-19-15-35(4)16-20(19)12-21/h7-8,14,17,19-21,24H,6,9-13,15-16H2,1-5H3,(H,32,38)(H,31,33,34)/t19-,20?,21?,24-/m1/s1. The maximum Gasteiger partial charge on any atom is 0.249 e. The lowest BCUT2D eigenvalue weighted by Crippen LogP contribution is -2.54. The van der Waals surface area contributed by atoms with E-state index in [0.29, 0.717) is 42.9 Å². The third kappa shape index (κ3) is 4.76. The van der Waals surface area contributed by atoms with E-state index in [2.05, 4.69) is 46.3 Å². The molecule has 2 amide bonds. The molecule has 2 fully saturated rings. The fourth-order valence-electron chi connectivity index (χ4n) is 7.29. The number of carbonyl (C=O) groups is 2. The monoisotopic (exact) mass is 547 g/mol. The lowest BCUT2D eigenvalue weighted by atomic mass is 10.0. The molecule has 4 aliphatic rings. The van der Waals surface area contributed by atoms with Crippen molar-refractivity contribution in [1.82, 2.24) is 20.2 Å². The molecule has 0 radical (unpaired) electrons. The Morgan fingerprint density at radius 1 is 1.18 bits per heavy atom. The molecule has 2 unspecified atom stereocenters. The summed E-state index contributed by atoms with van der Waals surface area (Å²) in [5.41, 5.74) is 3.57. The number of likely N-dealkylation sites (N-methyl/N-ethyl adjacent to an activating group) is 1. The van der Waals surface area contributed by atoms with Crippen LogP contribution in [-0.2, 0) is 22.4 Å². The van der Waals surface area contributed by atoms with Crippen LogP contribution in [0.4, 0.5) is 23.1 Å². The molecule has 1 aromatic carbocycles. The van der Waals surface area contributed by atoms with Crippen LogP contribution < -0.4 is 25.2 Å². The van der Waals surface area contributed by atoms with Crippen molar-refractivity contribution < 1.29 is 14.3 Å². The third-order valence-electron chi connectivity index (χ3n) is 9.10. The SMILES string of the molecule is CC[C@@H]1C(=O)N(C)c2cnc(Nc3ccc(CC(=O)NC4CC5CN(C)C[C@H]5C4)c4c3OCC4)nc2N1C(C)C. The summed E-state index contributed by atoms with van der Waals surface area (Å²) in [7, 11) is 3.97. The van der Waals surface area contributed by atoms with Gasteiger partial charge in [0.2, 0.25) is 17.8 Å². The zero-order chi connectivity index (χ0) is 28.1. The van der Waals surface area contributed by atoms with Crippen LogP contribution in [0.1, 0.15) is 51.2 Å². The fraction of sp³-hybridized carbons (Fsp3) is 0.600. The highest BCUT2D eigenvalue weighted by Crippen LogP contribution is 2.40. The minimum absolute atomic E-state index is 0.0576. The van der Waals surface area contributed by atoms with Gasteiger partial charge in [-0.2, -0.15) is 4.98 Å². The number of benzene rings is 1. The van der Waals surface area contributed by atoms with Crippen molar-refractivity contribution in [3.8, 4) is 5.75 Å². The molecule has 40 heavy (non-hydrogen) atoms. The molecule has 1 saturated carbocycles. The molecule has 10 heteroatoms. The van der Waals surface area contributed by atoms with E-state index in [1.165, 1.54) is 0 Å². The molecule has 6 rings (SSSR count). The normalized spacial score (nSPS) is 25.6. The molecule has 1 aromatic heterocycles. The van der Waals surface area contributed by atoms with Gasteiger partial charge < -0.3 is 30.1 Å². The Labute approximate surface area is 236 Å². The summed E-state index contributed by atoms with van der Waals surface area (Å²) in [6.45, 7) is 9.05. The second-order valence-electron chi connectivity index (χ2n) is 12.2. The van der Waals surface area contributed by atoms with Crippen LogP contribution in [0, 0.1) is 11.8 Å². The molecule has 10 nitrogen and oxygen atoms in total. The second kappa shape index (κ2) is 10.5. The van der Waals surface area contributed by atoms with Gasteiger partial charge in [0, 0.05) is 44.2 Å². The van der Waals surface area contributed by atoms with Crippen molar-refractivity contribution in [3.05, 3.63) is 29.5 Å². The van der Waals surface area contributed by atoms with Crippen LogP contribution in [-0.4, -0.2) is 78.6 Å². The largest absolute Gasteiger partial charge is 0.491 e. The maximum atomic E-state index is 13.0. The van der Waals surface area contributed by atoms with Crippen LogP contribution in [0.5, 0.6) is 5.75 Å². The first-order valence-corrected chi connectivity index (χ1v) is 14.7. The highest BCUT2D eigenvalue weighted by molar-refractivity contribution is 6.04. The van der Waals surface area contributed by atoms with Crippen molar-refractivity contribution in [2.75, 3.05) is 48.9 Å². The van der Waals surface area contributed by atoms with E-state index in [4.69, 9.17) is 9.72 Å². The highest BCUT2D eigenvalue weighted by Gasteiger charge is 2.40. The van der Waals surface area contributed by atoms with Crippen LogP contribution in [0.2, 0.25) is 0 Å². The van der Waals surface area contributed by atoms with Crippen LogP contribution >= 0.6 is 0 Å². The number of nitrogens with one attached hydrogen (secondary N) is 2. The second-order valence-corrected chi connectivity index (χ2v) is 12.2. The predicted octanol–water partition coefficient (Wildman–Crippen LogP) is 3.12.